The average molecular weight is 291 g/mol. The van der Waals surface area contributed by atoms with Gasteiger partial charge in [-0.25, -0.2) is 9.97 Å². The van der Waals surface area contributed by atoms with Crippen LogP contribution in [0.2, 0.25) is 0 Å². The second-order valence-electron chi connectivity index (χ2n) is 5.29. The molecule has 0 atom stereocenters. The van der Waals surface area contributed by atoms with Gasteiger partial charge in [0, 0.05) is 47.2 Å². The van der Waals surface area contributed by atoms with Crippen molar-refractivity contribution in [3.63, 3.8) is 0 Å². The Balaban J connectivity index is 2.19. The number of rotatable bonds is 4. The Morgan fingerprint density at radius 2 is 2.00 bits per heavy atom. The molecule has 1 aromatic carbocycles. The number of aromatic nitrogens is 3. The van der Waals surface area contributed by atoms with Crippen molar-refractivity contribution < 1.29 is 4.79 Å². The largest absolute Gasteiger partial charge is 0.343 e. The van der Waals surface area contributed by atoms with Crippen LogP contribution in [0.25, 0.3) is 22.0 Å². The third-order valence-corrected chi connectivity index (χ3v) is 3.70. The molecule has 0 aliphatic heterocycles. The molecular weight excluding hydrogens is 274 g/mol. The minimum absolute atomic E-state index is 0.0603. The zero-order chi connectivity index (χ0) is 15.7. The fourth-order valence-corrected chi connectivity index (χ4v) is 2.59. The molecule has 0 aliphatic rings. The smallest absolute Gasteiger partial charge is 0.161 e. The van der Waals surface area contributed by atoms with E-state index in [1.807, 2.05) is 42.0 Å². The van der Waals surface area contributed by atoms with Crippen LogP contribution in [0, 0.1) is 6.92 Å². The summed E-state index contributed by atoms with van der Waals surface area (Å²) in [6, 6.07) is 6.08. The van der Waals surface area contributed by atoms with Crippen molar-refractivity contribution in [2.24, 2.45) is 0 Å². The number of carbonyl (C=O) groups is 1. The van der Waals surface area contributed by atoms with Crippen molar-refractivity contribution in [1.82, 2.24) is 14.5 Å². The van der Waals surface area contributed by atoms with Gasteiger partial charge in [0.25, 0.3) is 0 Å². The predicted molar refractivity (Wildman–Crippen MR) is 87.9 cm³/mol. The van der Waals surface area contributed by atoms with Crippen molar-refractivity contribution in [3.05, 3.63) is 60.8 Å². The van der Waals surface area contributed by atoms with E-state index in [1.54, 1.807) is 19.3 Å². The summed E-state index contributed by atoms with van der Waals surface area (Å²) in [5, 5.41) is 0.951. The van der Waals surface area contributed by atoms with E-state index in [0.717, 1.165) is 33.4 Å². The topological polar surface area (TPSA) is 47.8 Å². The summed E-state index contributed by atoms with van der Waals surface area (Å²) in [5.74, 6) is 0.802. The summed E-state index contributed by atoms with van der Waals surface area (Å²) in [6.45, 7) is 7.89. The second-order valence-corrected chi connectivity index (χ2v) is 5.29. The highest BCUT2D eigenvalue weighted by Gasteiger charge is 2.12. The lowest BCUT2D eigenvalue weighted by molar-refractivity contribution is 0.101. The van der Waals surface area contributed by atoms with Crippen molar-refractivity contribution in [2.75, 3.05) is 0 Å². The van der Waals surface area contributed by atoms with E-state index >= 15 is 0 Å². The third kappa shape index (κ3) is 2.44. The van der Waals surface area contributed by atoms with Gasteiger partial charge < -0.3 is 4.57 Å². The van der Waals surface area contributed by atoms with Gasteiger partial charge in [-0.3, -0.25) is 4.79 Å². The van der Waals surface area contributed by atoms with E-state index in [0.29, 0.717) is 6.54 Å². The molecule has 2 aromatic heterocycles. The number of Topliss-reactive ketones (excluding diaryl/α,β-unsaturated/α-hetero) is 1. The zero-order valence-corrected chi connectivity index (χ0v) is 12.7. The highest BCUT2D eigenvalue weighted by molar-refractivity contribution is 6.07. The fraction of sp³-hybridized carbons (Fsp3) is 0.167. The van der Waals surface area contributed by atoms with E-state index in [2.05, 4.69) is 16.5 Å². The molecule has 0 amide bonds. The first kappa shape index (κ1) is 14.2. The molecule has 0 N–H and O–H groups in total. The summed E-state index contributed by atoms with van der Waals surface area (Å²) in [4.78, 5) is 20.4. The lowest BCUT2D eigenvalue weighted by atomic mass is 10.0. The molecule has 0 bridgehead atoms. The second kappa shape index (κ2) is 5.56. The molecule has 110 valence electrons. The Kier molecular flexibility index (Phi) is 3.59. The van der Waals surface area contributed by atoms with E-state index in [-0.39, 0.29) is 5.78 Å². The summed E-state index contributed by atoms with van der Waals surface area (Å²) < 4.78 is 2.04. The molecule has 0 fully saturated rings. The Morgan fingerprint density at radius 3 is 2.64 bits per heavy atom. The van der Waals surface area contributed by atoms with Crippen LogP contribution in [0.4, 0.5) is 0 Å². The number of aryl methyl sites for hydroxylation is 1. The quantitative estimate of drug-likeness (QED) is 0.542. The molecule has 0 saturated heterocycles. The molecule has 3 rings (SSSR count). The molecule has 0 saturated carbocycles. The maximum absolute atomic E-state index is 11.9. The predicted octanol–water partition coefficient (Wildman–Crippen LogP) is 3.80. The number of fused-ring (bicyclic) bond motifs is 1. The fourth-order valence-electron chi connectivity index (χ4n) is 2.59. The van der Waals surface area contributed by atoms with Crippen LogP contribution in [-0.2, 0) is 6.54 Å². The van der Waals surface area contributed by atoms with Crippen LogP contribution in [-0.4, -0.2) is 20.3 Å². The Bertz CT molecular complexity index is 860. The first-order valence-electron chi connectivity index (χ1n) is 7.14. The first-order valence-corrected chi connectivity index (χ1v) is 7.14. The normalized spacial score (nSPS) is 10.8. The summed E-state index contributed by atoms with van der Waals surface area (Å²) in [6.07, 6.45) is 7.32. The number of ketones is 1. The van der Waals surface area contributed by atoms with Crippen LogP contribution in [0.1, 0.15) is 23.1 Å². The molecular formula is C18H17N3O. The lowest BCUT2D eigenvalue weighted by Crippen LogP contribution is -1.92. The Labute approximate surface area is 129 Å². The van der Waals surface area contributed by atoms with Crippen molar-refractivity contribution >= 4 is 16.7 Å². The maximum atomic E-state index is 11.9. The SMILES string of the molecule is C=CCn1cc(C(C)=O)c2cc(-c3cnc(C)nc3)ccc21. The maximum Gasteiger partial charge on any atom is 0.161 e. The number of hydrogen-bond donors (Lipinski definition) is 0. The van der Waals surface area contributed by atoms with Crippen LogP contribution in [0.15, 0.2) is 49.4 Å². The molecule has 22 heavy (non-hydrogen) atoms. The average Bonchev–Trinajstić information content (AvgIpc) is 2.87. The molecule has 0 aliphatic carbocycles. The number of benzene rings is 1. The summed E-state index contributed by atoms with van der Waals surface area (Å²) in [7, 11) is 0. The summed E-state index contributed by atoms with van der Waals surface area (Å²) >= 11 is 0. The molecule has 4 nitrogen and oxygen atoms in total. The van der Waals surface area contributed by atoms with E-state index < -0.39 is 0 Å². The van der Waals surface area contributed by atoms with Gasteiger partial charge in [-0.2, -0.15) is 0 Å². The van der Waals surface area contributed by atoms with Crippen molar-refractivity contribution in [3.8, 4) is 11.1 Å². The van der Waals surface area contributed by atoms with Crippen molar-refractivity contribution in [2.45, 2.75) is 20.4 Å². The summed E-state index contributed by atoms with van der Waals surface area (Å²) in [5.41, 5.74) is 3.71. The molecule has 0 radical (unpaired) electrons. The van der Waals surface area contributed by atoms with Gasteiger partial charge in [-0.1, -0.05) is 12.1 Å². The molecule has 3 aromatic rings. The van der Waals surface area contributed by atoms with E-state index in [1.165, 1.54) is 0 Å². The minimum Gasteiger partial charge on any atom is -0.343 e. The highest BCUT2D eigenvalue weighted by atomic mass is 16.1. The number of hydrogen-bond acceptors (Lipinski definition) is 3. The van der Waals surface area contributed by atoms with Gasteiger partial charge in [-0.05, 0) is 31.5 Å². The van der Waals surface area contributed by atoms with E-state index in [9.17, 15) is 4.79 Å². The number of nitrogens with zero attached hydrogens (tertiary/aromatic N) is 3. The first-order chi connectivity index (χ1) is 10.6. The van der Waals surface area contributed by atoms with Gasteiger partial charge in [0.2, 0.25) is 0 Å². The molecule has 4 heteroatoms. The van der Waals surface area contributed by atoms with E-state index in [4.69, 9.17) is 0 Å². The molecule has 2 heterocycles. The van der Waals surface area contributed by atoms with Gasteiger partial charge in [-0.15, -0.1) is 6.58 Å². The third-order valence-electron chi connectivity index (χ3n) is 3.70. The number of carbonyl (C=O) groups excluding carboxylic acids is 1. The minimum atomic E-state index is 0.0603. The van der Waals surface area contributed by atoms with Crippen LogP contribution >= 0.6 is 0 Å². The highest BCUT2D eigenvalue weighted by Crippen LogP contribution is 2.28. The lowest BCUT2D eigenvalue weighted by Gasteiger charge is -2.04. The number of allylic oxidation sites excluding steroid dienone is 1. The molecule has 0 unspecified atom stereocenters. The Morgan fingerprint density at radius 1 is 1.27 bits per heavy atom. The zero-order valence-electron chi connectivity index (χ0n) is 12.7. The monoisotopic (exact) mass is 291 g/mol. The van der Waals surface area contributed by atoms with Gasteiger partial charge >= 0.3 is 0 Å². The van der Waals surface area contributed by atoms with Crippen molar-refractivity contribution in [1.29, 1.82) is 0 Å². The van der Waals surface area contributed by atoms with Gasteiger partial charge in [0.1, 0.15) is 5.82 Å². The van der Waals surface area contributed by atoms with Crippen LogP contribution in [0.3, 0.4) is 0 Å². The standard InChI is InChI=1S/C18H17N3O/c1-4-7-21-11-17(12(2)22)16-8-14(5-6-18(16)21)15-9-19-13(3)20-10-15/h4-6,8-11H,1,7H2,2-3H3. The van der Waals surface area contributed by atoms with Gasteiger partial charge in [0.05, 0.1) is 0 Å². The van der Waals surface area contributed by atoms with Crippen LogP contribution in [0.5, 0.6) is 0 Å². The van der Waals surface area contributed by atoms with Crippen LogP contribution < -0.4 is 0 Å². The molecule has 0 spiro atoms. The van der Waals surface area contributed by atoms with Gasteiger partial charge in [0.15, 0.2) is 5.78 Å². The Hall–Kier alpha value is -2.75.